The first-order valence-electron chi connectivity index (χ1n) is 7.90. The lowest BCUT2D eigenvalue weighted by Gasteiger charge is -2.32. The van der Waals surface area contributed by atoms with E-state index in [0.29, 0.717) is 31.1 Å². The van der Waals surface area contributed by atoms with Gasteiger partial charge in [0, 0.05) is 32.7 Å². The molecule has 2 heterocycles. The minimum absolute atomic E-state index is 0.0827. The molecule has 1 N–H and O–H groups in total. The predicted octanol–water partition coefficient (Wildman–Crippen LogP) is 1.62. The van der Waals surface area contributed by atoms with Crippen LogP contribution in [-0.4, -0.2) is 58.9 Å². The van der Waals surface area contributed by atoms with E-state index in [-0.39, 0.29) is 11.7 Å². The van der Waals surface area contributed by atoms with Crippen LogP contribution < -0.4 is 5.32 Å². The molecule has 24 heavy (non-hydrogen) atoms. The Morgan fingerprint density at radius 3 is 2.46 bits per heavy atom. The molecule has 0 saturated carbocycles. The van der Waals surface area contributed by atoms with Crippen molar-refractivity contribution < 1.29 is 9.18 Å². The largest absolute Gasteiger partial charge is 0.365 e. The Kier molecular flexibility index (Phi) is 5.00. The molecule has 3 rings (SSSR count). The number of piperazine rings is 1. The van der Waals surface area contributed by atoms with E-state index in [1.807, 2.05) is 7.05 Å². The van der Waals surface area contributed by atoms with E-state index in [9.17, 15) is 9.18 Å². The third kappa shape index (κ3) is 4.05. The van der Waals surface area contributed by atoms with Crippen LogP contribution in [0.4, 0.5) is 10.2 Å². The quantitative estimate of drug-likeness (QED) is 0.923. The van der Waals surface area contributed by atoms with Crippen LogP contribution in [0.15, 0.2) is 36.7 Å². The Balaban J connectivity index is 1.56. The fourth-order valence-corrected chi connectivity index (χ4v) is 2.50. The summed E-state index contributed by atoms with van der Waals surface area (Å²) in [5.41, 5.74) is 1.29. The highest BCUT2D eigenvalue weighted by Gasteiger charge is 2.21. The van der Waals surface area contributed by atoms with Gasteiger partial charge in [0.1, 0.15) is 17.3 Å². The van der Waals surface area contributed by atoms with Crippen LogP contribution >= 0.6 is 0 Å². The lowest BCUT2D eigenvalue weighted by molar-refractivity contribution is 0.0658. The second-order valence-electron chi connectivity index (χ2n) is 5.86. The molecule has 1 aromatic heterocycles. The Morgan fingerprint density at radius 2 is 1.83 bits per heavy atom. The zero-order chi connectivity index (χ0) is 16.9. The number of hydrogen-bond donors (Lipinski definition) is 1. The highest BCUT2D eigenvalue weighted by molar-refractivity contribution is 5.92. The van der Waals surface area contributed by atoms with Gasteiger partial charge in [-0.1, -0.05) is 12.1 Å². The van der Waals surface area contributed by atoms with E-state index < -0.39 is 0 Å². The second kappa shape index (κ2) is 7.35. The molecular weight excluding hydrogens is 309 g/mol. The van der Waals surface area contributed by atoms with E-state index in [2.05, 4.69) is 20.2 Å². The van der Waals surface area contributed by atoms with Crippen molar-refractivity contribution in [1.82, 2.24) is 19.8 Å². The van der Waals surface area contributed by atoms with E-state index in [0.717, 1.165) is 18.7 Å². The van der Waals surface area contributed by atoms with Crippen LogP contribution in [0.25, 0.3) is 0 Å². The molecule has 0 atom stereocenters. The van der Waals surface area contributed by atoms with Crippen molar-refractivity contribution in [1.29, 1.82) is 0 Å². The topological polar surface area (TPSA) is 61.4 Å². The van der Waals surface area contributed by atoms with Crippen molar-refractivity contribution in [2.75, 3.05) is 38.5 Å². The monoisotopic (exact) mass is 329 g/mol. The zero-order valence-electron chi connectivity index (χ0n) is 13.6. The van der Waals surface area contributed by atoms with Crippen molar-refractivity contribution in [3.63, 3.8) is 0 Å². The van der Waals surface area contributed by atoms with E-state index >= 15 is 0 Å². The Bertz CT molecular complexity index is 681. The zero-order valence-corrected chi connectivity index (χ0v) is 13.6. The second-order valence-corrected chi connectivity index (χ2v) is 5.86. The van der Waals surface area contributed by atoms with Gasteiger partial charge in [-0.15, -0.1) is 0 Å². The molecule has 0 spiro atoms. The van der Waals surface area contributed by atoms with Gasteiger partial charge >= 0.3 is 0 Å². The van der Waals surface area contributed by atoms with Crippen molar-refractivity contribution in [3.8, 4) is 0 Å². The number of carbonyl (C=O) groups is 1. The van der Waals surface area contributed by atoms with E-state index in [1.165, 1.54) is 18.3 Å². The summed E-state index contributed by atoms with van der Waals surface area (Å²) in [6, 6.07) is 6.25. The number of carbonyl (C=O) groups excluding carboxylic acids is 1. The molecule has 1 aromatic carbocycles. The smallest absolute Gasteiger partial charge is 0.274 e. The predicted molar refractivity (Wildman–Crippen MR) is 89.2 cm³/mol. The lowest BCUT2D eigenvalue weighted by Crippen LogP contribution is -2.47. The average molecular weight is 329 g/mol. The molecule has 0 radical (unpaired) electrons. The van der Waals surface area contributed by atoms with Crippen molar-refractivity contribution in [2.45, 2.75) is 6.54 Å². The van der Waals surface area contributed by atoms with E-state index in [4.69, 9.17) is 0 Å². The Hall–Kier alpha value is -2.54. The summed E-state index contributed by atoms with van der Waals surface area (Å²) >= 11 is 0. The molecule has 1 saturated heterocycles. The standard InChI is InChI=1S/C17H20FN5O/c1-22-6-8-23(9-7-22)17(24)15-11-21-16(12-19-15)20-10-13-2-4-14(18)5-3-13/h2-5,11-12H,6-10H2,1H3,(H,20,21). The van der Waals surface area contributed by atoms with Gasteiger partial charge in [-0.05, 0) is 24.7 Å². The maximum atomic E-state index is 12.9. The molecule has 0 aliphatic carbocycles. The normalized spacial score (nSPS) is 15.3. The summed E-state index contributed by atoms with van der Waals surface area (Å²) in [7, 11) is 2.04. The number of aromatic nitrogens is 2. The summed E-state index contributed by atoms with van der Waals surface area (Å²) in [5.74, 6) is 0.236. The third-order valence-corrected chi connectivity index (χ3v) is 4.05. The minimum Gasteiger partial charge on any atom is -0.365 e. The Labute approximate surface area is 140 Å². The van der Waals surface area contributed by atoms with Gasteiger partial charge in [0.25, 0.3) is 5.91 Å². The molecule has 1 aliphatic rings. The molecule has 0 bridgehead atoms. The summed E-state index contributed by atoms with van der Waals surface area (Å²) in [6.07, 6.45) is 3.04. The van der Waals surface area contributed by atoms with Gasteiger partial charge in [0.15, 0.2) is 0 Å². The maximum Gasteiger partial charge on any atom is 0.274 e. The molecule has 126 valence electrons. The molecule has 2 aromatic rings. The summed E-state index contributed by atoms with van der Waals surface area (Å²) in [4.78, 5) is 24.8. The molecule has 7 heteroatoms. The molecule has 1 fully saturated rings. The number of nitrogens with one attached hydrogen (secondary N) is 1. The maximum absolute atomic E-state index is 12.9. The first kappa shape index (κ1) is 16.3. The van der Waals surface area contributed by atoms with Gasteiger partial charge in [-0.3, -0.25) is 4.79 Å². The number of hydrogen-bond acceptors (Lipinski definition) is 5. The van der Waals surface area contributed by atoms with Gasteiger partial charge in [0.05, 0.1) is 12.4 Å². The van der Waals surface area contributed by atoms with Crippen molar-refractivity contribution in [3.05, 3.63) is 53.7 Å². The number of likely N-dealkylation sites (N-methyl/N-ethyl adjacent to an activating group) is 1. The van der Waals surface area contributed by atoms with Gasteiger partial charge in [0.2, 0.25) is 0 Å². The number of rotatable bonds is 4. The highest BCUT2D eigenvalue weighted by Crippen LogP contribution is 2.09. The molecule has 0 unspecified atom stereocenters. The van der Waals surface area contributed by atoms with Gasteiger partial charge < -0.3 is 15.1 Å². The first-order valence-corrected chi connectivity index (χ1v) is 7.90. The Morgan fingerprint density at radius 1 is 1.12 bits per heavy atom. The van der Waals surface area contributed by atoms with Crippen molar-refractivity contribution in [2.24, 2.45) is 0 Å². The number of amides is 1. The van der Waals surface area contributed by atoms with Crippen molar-refractivity contribution >= 4 is 11.7 Å². The molecular formula is C17H20FN5O. The number of anilines is 1. The summed E-state index contributed by atoms with van der Waals surface area (Å²) in [6.45, 7) is 3.68. The van der Waals surface area contributed by atoms with Crippen LogP contribution in [0.2, 0.25) is 0 Å². The van der Waals surface area contributed by atoms with Gasteiger partial charge in [-0.25, -0.2) is 14.4 Å². The number of nitrogens with zero attached hydrogens (tertiary/aromatic N) is 4. The molecule has 1 aliphatic heterocycles. The lowest BCUT2D eigenvalue weighted by atomic mass is 10.2. The average Bonchev–Trinajstić information content (AvgIpc) is 2.62. The number of benzene rings is 1. The van der Waals surface area contributed by atoms with Crippen LogP contribution in [-0.2, 0) is 6.54 Å². The summed E-state index contributed by atoms with van der Waals surface area (Å²) < 4.78 is 12.9. The van der Waals surface area contributed by atoms with Gasteiger partial charge in [-0.2, -0.15) is 0 Å². The fraction of sp³-hybridized carbons (Fsp3) is 0.353. The number of halogens is 1. The minimum atomic E-state index is -0.259. The molecule has 6 nitrogen and oxygen atoms in total. The van der Waals surface area contributed by atoms with Crippen LogP contribution in [0.1, 0.15) is 16.1 Å². The van der Waals surface area contributed by atoms with Crippen LogP contribution in [0.5, 0.6) is 0 Å². The fourth-order valence-electron chi connectivity index (χ4n) is 2.50. The van der Waals surface area contributed by atoms with Crippen LogP contribution in [0.3, 0.4) is 0 Å². The first-order chi connectivity index (χ1) is 11.6. The SMILES string of the molecule is CN1CCN(C(=O)c2cnc(NCc3ccc(F)cc3)cn2)CC1. The van der Waals surface area contributed by atoms with Crippen LogP contribution in [0, 0.1) is 5.82 Å². The highest BCUT2D eigenvalue weighted by atomic mass is 19.1. The summed E-state index contributed by atoms with van der Waals surface area (Å²) in [5, 5.41) is 3.10. The third-order valence-electron chi connectivity index (χ3n) is 4.05. The molecule has 1 amide bonds. The van der Waals surface area contributed by atoms with E-state index in [1.54, 1.807) is 23.2 Å².